The molecule has 0 amide bonds. The zero-order valence-electron chi connectivity index (χ0n) is 10.1. The normalized spacial score (nSPS) is 9.83. The minimum absolute atomic E-state index is 0.406. The molecule has 0 fully saturated rings. The number of aromatic nitrogens is 1. The molecule has 2 aromatic rings. The third kappa shape index (κ3) is 2.31. The molecular formula is C14H13N3O. The zero-order valence-corrected chi connectivity index (χ0v) is 10.1. The van der Waals surface area contributed by atoms with Gasteiger partial charge in [-0.15, -0.1) is 0 Å². The number of hydrogen-bond acceptors (Lipinski definition) is 4. The first-order valence-electron chi connectivity index (χ1n) is 5.51. The lowest BCUT2D eigenvalue weighted by molar-refractivity contribution is 0.414. The van der Waals surface area contributed by atoms with Crippen molar-refractivity contribution in [1.29, 1.82) is 5.26 Å². The summed E-state index contributed by atoms with van der Waals surface area (Å²) in [4.78, 5) is 4.06. The zero-order chi connectivity index (χ0) is 13.0. The van der Waals surface area contributed by atoms with Gasteiger partial charge in [0.05, 0.1) is 12.7 Å². The Balaban J connectivity index is 2.53. The van der Waals surface area contributed by atoms with E-state index in [1.54, 1.807) is 19.4 Å². The minimum atomic E-state index is 0.406. The van der Waals surface area contributed by atoms with Gasteiger partial charge in [0.2, 0.25) is 0 Å². The lowest BCUT2D eigenvalue weighted by Gasteiger charge is -2.10. The van der Waals surface area contributed by atoms with E-state index >= 15 is 0 Å². The Labute approximate surface area is 106 Å². The quantitative estimate of drug-likeness (QED) is 0.890. The van der Waals surface area contributed by atoms with Crippen LogP contribution in [0.15, 0.2) is 36.7 Å². The van der Waals surface area contributed by atoms with E-state index in [0.717, 1.165) is 22.4 Å². The fourth-order valence-corrected chi connectivity index (χ4v) is 1.80. The topological polar surface area (TPSA) is 71.9 Å². The fraction of sp³-hybridized carbons (Fsp3) is 0.143. The Morgan fingerprint density at radius 1 is 1.33 bits per heavy atom. The average Bonchev–Trinajstić information content (AvgIpc) is 2.46. The van der Waals surface area contributed by atoms with Crippen molar-refractivity contribution in [3.63, 3.8) is 0 Å². The molecular weight excluding hydrogens is 226 g/mol. The van der Waals surface area contributed by atoms with Crippen molar-refractivity contribution in [3.05, 3.63) is 47.8 Å². The van der Waals surface area contributed by atoms with Crippen LogP contribution in [0, 0.1) is 11.3 Å². The number of nitrogens with two attached hydrogens (primary N) is 1. The van der Waals surface area contributed by atoms with Crippen LogP contribution in [0.1, 0.15) is 11.1 Å². The molecule has 4 nitrogen and oxygen atoms in total. The minimum Gasteiger partial charge on any atom is -0.497 e. The summed E-state index contributed by atoms with van der Waals surface area (Å²) in [7, 11) is 1.62. The van der Waals surface area contributed by atoms with Crippen molar-refractivity contribution < 1.29 is 4.74 Å². The molecule has 0 atom stereocenters. The molecule has 0 aliphatic rings. The third-order valence-electron chi connectivity index (χ3n) is 2.71. The molecule has 18 heavy (non-hydrogen) atoms. The van der Waals surface area contributed by atoms with Crippen molar-refractivity contribution in [1.82, 2.24) is 4.98 Å². The lowest BCUT2D eigenvalue weighted by atomic mass is 10.00. The largest absolute Gasteiger partial charge is 0.497 e. The molecule has 2 rings (SSSR count). The van der Waals surface area contributed by atoms with E-state index in [4.69, 9.17) is 15.7 Å². The highest BCUT2D eigenvalue weighted by Gasteiger charge is 2.07. The van der Waals surface area contributed by atoms with Gasteiger partial charge < -0.3 is 10.5 Å². The first kappa shape index (κ1) is 12.1. The summed E-state index contributed by atoms with van der Waals surface area (Å²) in [6.07, 6.45) is 3.26. The van der Waals surface area contributed by atoms with Gasteiger partial charge >= 0.3 is 0 Å². The van der Waals surface area contributed by atoms with Crippen molar-refractivity contribution in [2.45, 2.75) is 6.54 Å². The second-order valence-corrected chi connectivity index (χ2v) is 3.80. The van der Waals surface area contributed by atoms with E-state index in [0.29, 0.717) is 12.1 Å². The lowest BCUT2D eigenvalue weighted by Crippen LogP contribution is -2.00. The van der Waals surface area contributed by atoms with Gasteiger partial charge in [0.15, 0.2) is 0 Å². The molecule has 0 bridgehead atoms. The molecule has 0 spiro atoms. The second kappa shape index (κ2) is 5.30. The molecule has 0 aliphatic carbocycles. The predicted octanol–water partition coefficient (Wildman–Crippen LogP) is 2.09. The molecule has 90 valence electrons. The second-order valence-electron chi connectivity index (χ2n) is 3.80. The molecule has 1 heterocycles. The van der Waals surface area contributed by atoms with Gasteiger partial charge in [0.25, 0.3) is 0 Å². The van der Waals surface area contributed by atoms with Gasteiger partial charge in [-0.05, 0) is 29.3 Å². The maximum atomic E-state index is 8.88. The number of nitriles is 1. The maximum absolute atomic E-state index is 8.88. The first-order valence-corrected chi connectivity index (χ1v) is 5.51. The van der Waals surface area contributed by atoms with E-state index in [-0.39, 0.29) is 0 Å². The van der Waals surface area contributed by atoms with Crippen LogP contribution in [0.2, 0.25) is 0 Å². The van der Waals surface area contributed by atoms with E-state index in [2.05, 4.69) is 11.1 Å². The smallest absolute Gasteiger partial charge is 0.119 e. The summed E-state index contributed by atoms with van der Waals surface area (Å²) in [6, 6.07) is 9.57. The summed E-state index contributed by atoms with van der Waals surface area (Å²) >= 11 is 0. The van der Waals surface area contributed by atoms with Gasteiger partial charge in [-0.1, -0.05) is 6.07 Å². The summed E-state index contributed by atoms with van der Waals surface area (Å²) < 4.78 is 5.17. The highest BCUT2D eigenvalue weighted by molar-refractivity contribution is 5.68. The Morgan fingerprint density at radius 2 is 2.17 bits per heavy atom. The highest BCUT2D eigenvalue weighted by Crippen LogP contribution is 2.27. The molecule has 0 saturated heterocycles. The van der Waals surface area contributed by atoms with E-state index in [1.165, 1.54) is 6.20 Å². The molecule has 1 aromatic heterocycles. The van der Waals surface area contributed by atoms with Gasteiger partial charge in [-0.2, -0.15) is 5.26 Å². The van der Waals surface area contributed by atoms with E-state index < -0.39 is 0 Å². The van der Waals surface area contributed by atoms with Crippen molar-refractivity contribution in [2.75, 3.05) is 7.11 Å². The standard InChI is InChI=1S/C14H13N3O/c1-18-13-2-3-14(11(5-13)7-16)12-4-10(6-15)8-17-9-12/h2-5,8-9H,7,16H2,1H3. The predicted molar refractivity (Wildman–Crippen MR) is 68.8 cm³/mol. The SMILES string of the molecule is COc1ccc(-c2cncc(C#N)c2)c(CN)c1. The number of ether oxygens (including phenoxy) is 1. The van der Waals surface area contributed by atoms with Gasteiger partial charge in [0, 0.05) is 24.5 Å². The molecule has 1 aromatic carbocycles. The van der Waals surface area contributed by atoms with Crippen LogP contribution in [-0.2, 0) is 6.54 Å². The van der Waals surface area contributed by atoms with Crippen LogP contribution in [0.3, 0.4) is 0 Å². The van der Waals surface area contributed by atoms with Gasteiger partial charge in [-0.3, -0.25) is 4.98 Å². The molecule has 0 radical (unpaired) electrons. The van der Waals surface area contributed by atoms with Crippen LogP contribution < -0.4 is 10.5 Å². The molecule has 0 aliphatic heterocycles. The molecule has 2 N–H and O–H groups in total. The van der Waals surface area contributed by atoms with Gasteiger partial charge in [-0.25, -0.2) is 0 Å². The maximum Gasteiger partial charge on any atom is 0.119 e. The average molecular weight is 239 g/mol. The number of hydrogen-bond donors (Lipinski definition) is 1. The highest BCUT2D eigenvalue weighted by atomic mass is 16.5. The summed E-state index contributed by atoms with van der Waals surface area (Å²) in [5, 5.41) is 8.88. The number of methoxy groups -OCH3 is 1. The van der Waals surface area contributed by atoms with E-state index in [9.17, 15) is 0 Å². The molecule has 4 heteroatoms. The fourth-order valence-electron chi connectivity index (χ4n) is 1.80. The number of benzene rings is 1. The Bertz CT molecular complexity index is 602. The Morgan fingerprint density at radius 3 is 2.83 bits per heavy atom. The summed E-state index contributed by atoms with van der Waals surface area (Å²) in [6.45, 7) is 0.406. The first-order chi connectivity index (χ1) is 8.78. The van der Waals surface area contributed by atoms with Crippen molar-refractivity contribution in [3.8, 4) is 22.9 Å². The Kier molecular flexibility index (Phi) is 3.56. The summed E-state index contributed by atoms with van der Waals surface area (Å²) in [5.41, 5.74) is 9.10. The molecule has 0 unspecified atom stereocenters. The van der Waals surface area contributed by atoms with Crippen LogP contribution in [0.5, 0.6) is 5.75 Å². The third-order valence-corrected chi connectivity index (χ3v) is 2.71. The van der Waals surface area contributed by atoms with Crippen LogP contribution >= 0.6 is 0 Å². The van der Waals surface area contributed by atoms with Gasteiger partial charge in [0.1, 0.15) is 11.8 Å². The Hall–Kier alpha value is -2.38. The monoisotopic (exact) mass is 239 g/mol. The summed E-state index contributed by atoms with van der Waals surface area (Å²) in [5.74, 6) is 0.767. The molecule has 0 saturated carbocycles. The van der Waals surface area contributed by atoms with Crippen LogP contribution in [0.4, 0.5) is 0 Å². The van der Waals surface area contributed by atoms with Crippen molar-refractivity contribution in [2.24, 2.45) is 5.73 Å². The van der Waals surface area contributed by atoms with Crippen LogP contribution in [0.25, 0.3) is 11.1 Å². The van der Waals surface area contributed by atoms with Crippen molar-refractivity contribution >= 4 is 0 Å². The number of pyridine rings is 1. The van der Waals surface area contributed by atoms with E-state index in [1.807, 2.05) is 18.2 Å². The number of nitrogens with zero attached hydrogens (tertiary/aromatic N) is 2. The number of rotatable bonds is 3. The van der Waals surface area contributed by atoms with Crippen LogP contribution in [-0.4, -0.2) is 12.1 Å².